The summed E-state index contributed by atoms with van der Waals surface area (Å²) >= 11 is 0. The van der Waals surface area contributed by atoms with Crippen molar-refractivity contribution in [2.24, 2.45) is 5.92 Å². The highest BCUT2D eigenvalue weighted by Gasteiger charge is 2.04. The summed E-state index contributed by atoms with van der Waals surface area (Å²) in [5.41, 5.74) is 1.26. The highest BCUT2D eigenvalue weighted by atomic mass is 19.1. The lowest BCUT2D eigenvalue weighted by Gasteiger charge is -2.09. The Morgan fingerprint density at radius 2 is 1.75 bits per heavy atom. The van der Waals surface area contributed by atoms with Crippen LogP contribution >= 0.6 is 0 Å². The van der Waals surface area contributed by atoms with Crippen LogP contribution in [0.15, 0.2) is 36.4 Å². The van der Waals surface area contributed by atoms with E-state index in [0.717, 1.165) is 36.7 Å². The predicted octanol–water partition coefficient (Wildman–Crippen LogP) is 4.55. The minimum Gasteiger partial charge on any atom is -0.316 e. The van der Waals surface area contributed by atoms with E-state index in [4.69, 9.17) is 0 Å². The molecule has 0 aliphatic carbocycles. The minimum atomic E-state index is -0.122. The SMILES string of the molecule is CC(C)CNCCCCc1ccc(F)c2ccccc12. The van der Waals surface area contributed by atoms with Crippen LogP contribution in [0.1, 0.15) is 32.3 Å². The highest BCUT2D eigenvalue weighted by Crippen LogP contribution is 2.23. The summed E-state index contributed by atoms with van der Waals surface area (Å²) in [6.07, 6.45) is 3.32. The van der Waals surface area contributed by atoms with E-state index >= 15 is 0 Å². The molecule has 0 saturated carbocycles. The van der Waals surface area contributed by atoms with E-state index in [2.05, 4.69) is 19.2 Å². The third-order valence-electron chi connectivity index (χ3n) is 3.56. The fraction of sp³-hybridized carbons (Fsp3) is 0.444. The zero-order valence-electron chi connectivity index (χ0n) is 12.5. The van der Waals surface area contributed by atoms with Gasteiger partial charge in [-0.3, -0.25) is 0 Å². The van der Waals surface area contributed by atoms with Gasteiger partial charge >= 0.3 is 0 Å². The normalized spacial score (nSPS) is 11.4. The molecule has 108 valence electrons. The third kappa shape index (κ3) is 4.04. The largest absolute Gasteiger partial charge is 0.316 e. The summed E-state index contributed by atoms with van der Waals surface area (Å²) < 4.78 is 13.7. The van der Waals surface area contributed by atoms with Crippen molar-refractivity contribution in [1.29, 1.82) is 0 Å². The summed E-state index contributed by atoms with van der Waals surface area (Å²) in [6.45, 7) is 6.59. The molecule has 0 unspecified atom stereocenters. The van der Waals surface area contributed by atoms with Crippen molar-refractivity contribution in [3.8, 4) is 0 Å². The van der Waals surface area contributed by atoms with Gasteiger partial charge in [0.15, 0.2) is 0 Å². The first-order valence-corrected chi connectivity index (χ1v) is 7.55. The molecule has 0 bridgehead atoms. The van der Waals surface area contributed by atoms with Gasteiger partial charge in [-0.2, -0.15) is 0 Å². The second-order valence-electron chi connectivity index (χ2n) is 5.81. The Morgan fingerprint density at radius 1 is 1.00 bits per heavy atom. The van der Waals surface area contributed by atoms with Crippen molar-refractivity contribution in [2.45, 2.75) is 33.1 Å². The molecule has 0 fully saturated rings. The van der Waals surface area contributed by atoms with Crippen LogP contribution < -0.4 is 5.32 Å². The summed E-state index contributed by atoms with van der Waals surface area (Å²) in [5.74, 6) is 0.582. The van der Waals surface area contributed by atoms with Crippen LogP contribution in [-0.4, -0.2) is 13.1 Å². The summed E-state index contributed by atoms with van der Waals surface area (Å²) in [6, 6.07) is 11.3. The molecular weight excluding hydrogens is 249 g/mol. The fourth-order valence-corrected chi connectivity index (χ4v) is 2.50. The van der Waals surface area contributed by atoms with Crippen molar-refractivity contribution >= 4 is 10.8 Å². The highest BCUT2D eigenvalue weighted by molar-refractivity contribution is 5.86. The van der Waals surface area contributed by atoms with Crippen LogP contribution in [-0.2, 0) is 6.42 Å². The molecule has 2 rings (SSSR count). The first-order valence-electron chi connectivity index (χ1n) is 7.55. The number of unbranched alkanes of at least 4 members (excludes halogenated alkanes) is 1. The first-order chi connectivity index (χ1) is 9.68. The molecule has 2 heteroatoms. The van der Waals surface area contributed by atoms with Gasteiger partial charge in [0.25, 0.3) is 0 Å². The monoisotopic (exact) mass is 273 g/mol. The maximum absolute atomic E-state index is 13.7. The second-order valence-corrected chi connectivity index (χ2v) is 5.81. The van der Waals surface area contributed by atoms with E-state index in [1.165, 1.54) is 12.0 Å². The molecule has 0 amide bonds. The molecule has 0 aromatic heterocycles. The van der Waals surface area contributed by atoms with Crippen molar-refractivity contribution in [3.05, 3.63) is 47.8 Å². The van der Waals surface area contributed by atoms with E-state index in [1.807, 2.05) is 30.3 Å². The topological polar surface area (TPSA) is 12.0 Å². The van der Waals surface area contributed by atoms with Gasteiger partial charge in [0.2, 0.25) is 0 Å². The van der Waals surface area contributed by atoms with Crippen LogP contribution in [0, 0.1) is 11.7 Å². The molecular formula is C18H24FN. The maximum atomic E-state index is 13.7. The average molecular weight is 273 g/mol. The van der Waals surface area contributed by atoms with E-state index in [9.17, 15) is 4.39 Å². The summed E-state index contributed by atoms with van der Waals surface area (Å²) in [5, 5.41) is 5.25. The van der Waals surface area contributed by atoms with Crippen LogP contribution in [0.3, 0.4) is 0 Å². The smallest absolute Gasteiger partial charge is 0.131 e. The number of rotatable bonds is 7. The van der Waals surface area contributed by atoms with Gasteiger partial charge < -0.3 is 5.32 Å². The van der Waals surface area contributed by atoms with E-state index in [-0.39, 0.29) is 5.82 Å². The molecule has 2 aromatic rings. The minimum absolute atomic E-state index is 0.122. The van der Waals surface area contributed by atoms with Crippen LogP contribution in [0.25, 0.3) is 10.8 Å². The Hall–Kier alpha value is -1.41. The number of halogens is 1. The number of fused-ring (bicyclic) bond motifs is 1. The van der Waals surface area contributed by atoms with Crippen molar-refractivity contribution in [1.82, 2.24) is 5.32 Å². The Bertz CT molecular complexity index is 548. The summed E-state index contributed by atoms with van der Waals surface area (Å²) in [4.78, 5) is 0. The van der Waals surface area contributed by atoms with Gasteiger partial charge in [0, 0.05) is 5.39 Å². The number of hydrogen-bond acceptors (Lipinski definition) is 1. The number of hydrogen-bond donors (Lipinski definition) is 1. The van der Waals surface area contributed by atoms with Gasteiger partial charge in [-0.05, 0) is 55.3 Å². The molecule has 0 radical (unpaired) electrons. The molecule has 1 nitrogen and oxygen atoms in total. The number of benzene rings is 2. The molecule has 0 atom stereocenters. The number of nitrogens with one attached hydrogen (secondary N) is 1. The standard InChI is InChI=1S/C18H24FN/c1-14(2)13-20-12-6-5-7-15-10-11-18(19)17-9-4-3-8-16(15)17/h3-4,8-11,14,20H,5-7,12-13H2,1-2H3. The molecule has 0 saturated heterocycles. The van der Waals surface area contributed by atoms with Crippen LogP contribution in [0.5, 0.6) is 0 Å². The lowest BCUT2D eigenvalue weighted by atomic mass is 10.00. The number of aryl methyl sites for hydroxylation is 1. The predicted molar refractivity (Wildman–Crippen MR) is 84.6 cm³/mol. The lowest BCUT2D eigenvalue weighted by Crippen LogP contribution is -2.20. The van der Waals surface area contributed by atoms with E-state index < -0.39 is 0 Å². The second kappa shape index (κ2) is 7.39. The Balaban J connectivity index is 1.89. The average Bonchev–Trinajstić information content (AvgIpc) is 2.45. The Labute approximate surface area is 121 Å². The van der Waals surface area contributed by atoms with E-state index in [1.54, 1.807) is 6.07 Å². The molecule has 0 aliphatic heterocycles. The molecule has 0 aliphatic rings. The summed E-state index contributed by atoms with van der Waals surface area (Å²) in [7, 11) is 0. The molecule has 1 N–H and O–H groups in total. The van der Waals surface area contributed by atoms with Gasteiger partial charge in [-0.25, -0.2) is 4.39 Å². The van der Waals surface area contributed by atoms with Crippen molar-refractivity contribution in [3.63, 3.8) is 0 Å². The van der Waals surface area contributed by atoms with Gasteiger partial charge in [0.1, 0.15) is 5.82 Å². The van der Waals surface area contributed by atoms with Gasteiger partial charge in [-0.15, -0.1) is 0 Å². The van der Waals surface area contributed by atoms with Crippen molar-refractivity contribution < 1.29 is 4.39 Å². The molecule has 0 heterocycles. The molecule has 0 spiro atoms. The van der Waals surface area contributed by atoms with Gasteiger partial charge in [0.05, 0.1) is 0 Å². The van der Waals surface area contributed by atoms with Gasteiger partial charge in [-0.1, -0.05) is 44.2 Å². The maximum Gasteiger partial charge on any atom is 0.131 e. The molecule has 20 heavy (non-hydrogen) atoms. The van der Waals surface area contributed by atoms with Crippen LogP contribution in [0.4, 0.5) is 4.39 Å². The van der Waals surface area contributed by atoms with Crippen molar-refractivity contribution in [2.75, 3.05) is 13.1 Å². The Kier molecular flexibility index (Phi) is 5.54. The lowest BCUT2D eigenvalue weighted by molar-refractivity contribution is 0.535. The zero-order valence-corrected chi connectivity index (χ0v) is 12.5. The zero-order chi connectivity index (χ0) is 14.4. The fourth-order valence-electron chi connectivity index (χ4n) is 2.50. The first kappa shape index (κ1) is 15.0. The molecule has 2 aromatic carbocycles. The third-order valence-corrected chi connectivity index (χ3v) is 3.56. The van der Waals surface area contributed by atoms with Crippen LogP contribution in [0.2, 0.25) is 0 Å². The quantitative estimate of drug-likeness (QED) is 0.730. The van der Waals surface area contributed by atoms with E-state index in [0.29, 0.717) is 5.92 Å². The Morgan fingerprint density at radius 3 is 2.50 bits per heavy atom.